The van der Waals surface area contributed by atoms with Crippen molar-refractivity contribution in [1.82, 2.24) is 10.6 Å². The zero-order chi connectivity index (χ0) is 9.52. The fourth-order valence-electron chi connectivity index (χ4n) is 1.42. The molecule has 2 N–H and O–H groups in total. The van der Waals surface area contributed by atoms with Crippen LogP contribution < -0.4 is 10.6 Å². The average Bonchev–Trinajstić information content (AvgIpc) is 2.14. The van der Waals surface area contributed by atoms with Crippen molar-refractivity contribution in [3.05, 3.63) is 0 Å². The van der Waals surface area contributed by atoms with Gasteiger partial charge < -0.3 is 15.4 Å². The SMILES string of the molecule is CC(=O)NCCNC1CCCOC1. The Morgan fingerprint density at radius 3 is 3.00 bits per heavy atom. The Labute approximate surface area is 79.0 Å². The van der Waals surface area contributed by atoms with Gasteiger partial charge >= 0.3 is 0 Å². The number of rotatable bonds is 4. The van der Waals surface area contributed by atoms with Crippen LogP contribution >= 0.6 is 0 Å². The summed E-state index contributed by atoms with van der Waals surface area (Å²) in [5.41, 5.74) is 0. The summed E-state index contributed by atoms with van der Waals surface area (Å²) in [6.07, 6.45) is 2.32. The van der Waals surface area contributed by atoms with Crippen molar-refractivity contribution in [3.63, 3.8) is 0 Å². The van der Waals surface area contributed by atoms with Gasteiger partial charge in [0, 0.05) is 32.7 Å². The molecule has 0 bridgehead atoms. The zero-order valence-electron chi connectivity index (χ0n) is 8.14. The van der Waals surface area contributed by atoms with Crippen LogP contribution in [0, 0.1) is 0 Å². The summed E-state index contributed by atoms with van der Waals surface area (Å²) < 4.78 is 5.31. The van der Waals surface area contributed by atoms with E-state index < -0.39 is 0 Å². The third-order valence-corrected chi connectivity index (χ3v) is 2.09. The van der Waals surface area contributed by atoms with Crippen molar-refractivity contribution < 1.29 is 9.53 Å². The third kappa shape index (κ3) is 4.85. The average molecular weight is 186 g/mol. The Hall–Kier alpha value is -0.610. The molecule has 0 saturated carbocycles. The molecule has 1 aliphatic heterocycles. The highest BCUT2D eigenvalue weighted by molar-refractivity contribution is 5.72. The van der Waals surface area contributed by atoms with Crippen LogP contribution in [0.4, 0.5) is 0 Å². The summed E-state index contributed by atoms with van der Waals surface area (Å²) in [5.74, 6) is 0.0293. The fraction of sp³-hybridized carbons (Fsp3) is 0.889. The molecule has 0 aromatic rings. The van der Waals surface area contributed by atoms with E-state index >= 15 is 0 Å². The summed E-state index contributed by atoms with van der Waals surface area (Å²) in [5, 5.41) is 6.08. The van der Waals surface area contributed by atoms with Gasteiger partial charge in [0.15, 0.2) is 0 Å². The van der Waals surface area contributed by atoms with Crippen LogP contribution in [0.2, 0.25) is 0 Å². The molecule has 4 nitrogen and oxygen atoms in total. The molecule has 1 rings (SSSR count). The molecule has 76 valence electrons. The second-order valence-electron chi connectivity index (χ2n) is 3.35. The van der Waals surface area contributed by atoms with Gasteiger partial charge in [0.25, 0.3) is 0 Å². The molecule has 0 spiro atoms. The Balaban J connectivity index is 1.95. The summed E-state index contributed by atoms with van der Waals surface area (Å²) >= 11 is 0. The normalized spacial score (nSPS) is 22.7. The van der Waals surface area contributed by atoms with E-state index in [0.717, 1.165) is 26.2 Å². The van der Waals surface area contributed by atoms with Crippen molar-refractivity contribution in [2.75, 3.05) is 26.3 Å². The minimum atomic E-state index is 0.0293. The fourth-order valence-corrected chi connectivity index (χ4v) is 1.42. The van der Waals surface area contributed by atoms with Gasteiger partial charge in [-0.25, -0.2) is 0 Å². The lowest BCUT2D eigenvalue weighted by Gasteiger charge is -2.23. The Morgan fingerprint density at radius 2 is 2.38 bits per heavy atom. The number of carbonyl (C=O) groups excluding carboxylic acids is 1. The first-order valence-electron chi connectivity index (χ1n) is 4.84. The third-order valence-electron chi connectivity index (χ3n) is 2.09. The van der Waals surface area contributed by atoms with Gasteiger partial charge in [0.1, 0.15) is 0 Å². The van der Waals surface area contributed by atoms with E-state index in [-0.39, 0.29) is 5.91 Å². The van der Waals surface area contributed by atoms with Crippen LogP contribution in [0.3, 0.4) is 0 Å². The molecule has 0 aliphatic carbocycles. The number of hydrogen-bond donors (Lipinski definition) is 2. The molecule has 0 aromatic carbocycles. The predicted octanol–water partition coefficient (Wildman–Crippen LogP) is -0.109. The van der Waals surface area contributed by atoms with E-state index in [1.807, 2.05) is 0 Å². The molecule has 13 heavy (non-hydrogen) atoms. The smallest absolute Gasteiger partial charge is 0.216 e. The van der Waals surface area contributed by atoms with E-state index in [1.165, 1.54) is 13.3 Å². The highest BCUT2D eigenvalue weighted by atomic mass is 16.5. The highest BCUT2D eigenvalue weighted by Gasteiger charge is 2.11. The molecule has 1 unspecified atom stereocenters. The van der Waals surface area contributed by atoms with Crippen LogP contribution in [0.25, 0.3) is 0 Å². The molecule has 1 aliphatic rings. The Kier molecular flexibility index (Phi) is 4.78. The minimum Gasteiger partial charge on any atom is -0.380 e. The van der Waals surface area contributed by atoms with Crippen molar-refractivity contribution in [2.24, 2.45) is 0 Å². The van der Waals surface area contributed by atoms with Gasteiger partial charge in [-0.1, -0.05) is 0 Å². The molecule has 1 heterocycles. The summed E-state index contributed by atoms with van der Waals surface area (Å²) in [7, 11) is 0. The molecule has 1 fully saturated rings. The van der Waals surface area contributed by atoms with Gasteiger partial charge in [-0.05, 0) is 12.8 Å². The lowest BCUT2D eigenvalue weighted by Crippen LogP contribution is -2.40. The molecular formula is C9H18N2O2. The number of hydrogen-bond acceptors (Lipinski definition) is 3. The number of nitrogens with one attached hydrogen (secondary N) is 2. The van der Waals surface area contributed by atoms with Crippen LogP contribution in [-0.2, 0) is 9.53 Å². The van der Waals surface area contributed by atoms with E-state index in [2.05, 4.69) is 10.6 Å². The Morgan fingerprint density at radius 1 is 1.54 bits per heavy atom. The molecular weight excluding hydrogens is 168 g/mol. The first kappa shape index (κ1) is 10.5. The lowest BCUT2D eigenvalue weighted by atomic mass is 10.1. The maximum atomic E-state index is 10.5. The van der Waals surface area contributed by atoms with Gasteiger partial charge in [0.05, 0.1) is 6.61 Å². The van der Waals surface area contributed by atoms with Crippen molar-refractivity contribution >= 4 is 5.91 Å². The van der Waals surface area contributed by atoms with Crippen molar-refractivity contribution in [3.8, 4) is 0 Å². The molecule has 0 aromatic heterocycles. The maximum Gasteiger partial charge on any atom is 0.216 e. The van der Waals surface area contributed by atoms with Gasteiger partial charge in [-0.2, -0.15) is 0 Å². The standard InChI is InChI=1S/C9H18N2O2/c1-8(12)10-4-5-11-9-3-2-6-13-7-9/h9,11H,2-7H2,1H3,(H,10,12). The maximum absolute atomic E-state index is 10.5. The predicted molar refractivity (Wildman–Crippen MR) is 50.5 cm³/mol. The monoisotopic (exact) mass is 186 g/mol. The number of amides is 1. The van der Waals surface area contributed by atoms with Gasteiger partial charge in [-0.3, -0.25) is 4.79 Å². The second-order valence-corrected chi connectivity index (χ2v) is 3.35. The van der Waals surface area contributed by atoms with E-state index in [4.69, 9.17) is 4.74 Å². The zero-order valence-corrected chi connectivity index (χ0v) is 8.14. The largest absolute Gasteiger partial charge is 0.380 e. The highest BCUT2D eigenvalue weighted by Crippen LogP contribution is 2.04. The summed E-state index contributed by atoms with van der Waals surface area (Å²) in [6, 6.07) is 0.475. The molecule has 1 saturated heterocycles. The van der Waals surface area contributed by atoms with Crippen LogP contribution in [0.15, 0.2) is 0 Å². The quantitative estimate of drug-likeness (QED) is 0.602. The first-order chi connectivity index (χ1) is 6.29. The van der Waals surface area contributed by atoms with Crippen LogP contribution in [-0.4, -0.2) is 38.3 Å². The lowest BCUT2D eigenvalue weighted by molar-refractivity contribution is -0.118. The molecule has 1 atom stereocenters. The minimum absolute atomic E-state index is 0.0293. The van der Waals surface area contributed by atoms with Crippen molar-refractivity contribution in [2.45, 2.75) is 25.8 Å². The van der Waals surface area contributed by atoms with Crippen LogP contribution in [0.5, 0.6) is 0 Å². The number of ether oxygens (including phenoxy) is 1. The van der Waals surface area contributed by atoms with Crippen LogP contribution in [0.1, 0.15) is 19.8 Å². The van der Waals surface area contributed by atoms with E-state index in [1.54, 1.807) is 0 Å². The Bertz CT molecular complexity index is 156. The van der Waals surface area contributed by atoms with E-state index in [0.29, 0.717) is 12.6 Å². The number of carbonyl (C=O) groups is 1. The topological polar surface area (TPSA) is 50.4 Å². The second kappa shape index (κ2) is 5.94. The summed E-state index contributed by atoms with van der Waals surface area (Å²) in [6.45, 7) is 4.76. The summed E-state index contributed by atoms with van der Waals surface area (Å²) in [4.78, 5) is 10.5. The molecule has 0 radical (unpaired) electrons. The van der Waals surface area contributed by atoms with Gasteiger partial charge in [-0.15, -0.1) is 0 Å². The van der Waals surface area contributed by atoms with E-state index in [9.17, 15) is 4.79 Å². The van der Waals surface area contributed by atoms with Crippen molar-refractivity contribution in [1.29, 1.82) is 0 Å². The van der Waals surface area contributed by atoms with Gasteiger partial charge in [0.2, 0.25) is 5.91 Å². The molecule has 4 heteroatoms. The first-order valence-corrected chi connectivity index (χ1v) is 4.84. The molecule has 1 amide bonds.